The lowest BCUT2D eigenvalue weighted by Gasteiger charge is -2.02. The summed E-state index contributed by atoms with van der Waals surface area (Å²) < 4.78 is 0. The molecule has 1 heterocycles. The Kier molecular flexibility index (Phi) is 4.58. The van der Waals surface area contributed by atoms with Gasteiger partial charge in [-0.05, 0) is 0 Å². The minimum absolute atomic E-state index is 0.0406. The molecule has 3 N–H and O–H groups in total. The third-order valence-electron chi connectivity index (χ3n) is 1.71. The van der Waals surface area contributed by atoms with Crippen LogP contribution in [0.1, 0.15) is 22.4 Å². The van der Waals surface area contributed by atoms with Crippen LogP contribution in [0.15, 0.2) is 5.38 Å². The minimum atomic E-state index is -1.10. The highest BCUT2D eigenvalue weighted by atomic mass is 32.1. The second kappa shape index (κ2) is 5.94. The zero-order chi connectivity index (χ0) is 12.8. The summed E-state index contributed by atoms with van der Waals surface area (Å²) in [4.78, 5) is 36.1. The Morgan fingerprint density at radius 2 is 2.12 bits per heavy atom. The molecular formula is C9H11N3O4S. The number of aromatic nitrogens is 1. The first kappa shape index (κ1) is 13.1. The summed E-state index contributed by atoms with van der Waals surface area (Å²) >= 11 is 1.15. The van der Waals surface area contributed by atoms with Crippen molar-refractivity contribution in [3.05, 3.63) is 16.1 Å². The van der Waals surface area contributed by atoms with Gasteiger partial charge in [0.05, 0.1) is 13.1 Å². The summed E-state index contributed by atoms with van der Waals surface area (Å²) in [7, 11) is 0. The zero-order valence-electron chi connectivity index (χ0n) is 9.02. The largest absolute Gasteiger partial charge is 0.476 e. The number of amides is 2. The number of nitrogens with zero attached hydrogens (tertiary/aromatic N) is 1. The van der Waals surface area contributed by atoms with Crippen molar-refractivity contribution in [1.82, 2.24) is 15.6 Å². The van der Waals surface area contributed by atoms with Crippen LogP contribution in [0.25, 0.3) is 0 Å². The molecule has 0 radical (unpaired) electrons. The normalized spacial score (nSPS) is 9.71. The van der Waals surface area contributed by atoms with Crippen LogP contribution in [0, 0.1) is 0 Å². The number of aromatic carboxylic acids is 1. The molecule has 0 unspecified atom stereocenters. The molecule has 92 valence electrons. The van der Waals surface area contributed by atoms with E-state index in [-0.39, 0.29) is 30.6 Å². The van der Waals surface area contributed by atoms with E-state index in [1.165, 1.54) is 12.3 Å². The van der Waals surface area contributed by atoms with Gasteiger partial charge in [0.1, 0.15) is 5.01 Å². The predicted octanol–water partition coefficient (Wildman–Crippen LogP) is -0.406. The van der Waals surface area contributed by atoms with Crippen molar-refractivity contribution in [2.75, 3.05) is 6.54 Å². The second-order valence-electron chi connectivity index (χ2n) is 3.12. The number of nitrogens with one attached hydrogen (secondary N) is 2. The number of thiazole rings is 1. The topological polar surface area (TPSA) is 108 Å². The van der Waals surface area contributed by atoms with E-state index in [1.54, 1.807) is 0 Å². The Morgan fingerprint density at radius 3 is 2.65 bits per heavy atom. The summed E-state index contributed by atoms with van der Waals surface area (Å²) in [6, 6.07) is 0. The van der Waals surface area contributed by atoms with E-state index in [0.717, 1.165) is 11.3 Å². The van der Waals surface area contributed by atoms with Crippen LogP contribution in [-0.2, 0) is 16.1 Å². The maximum atomic E-state index is 11.2. The van der Waals surface area contributed by atoms with Gasteiger partial charge >= 0.3 is 5.97 Å². The molecule has 0 aliphatic carbocycles. The smallest absolute Gasteiger partial charge is 0.355 e. The zero-order valence-corrected chi connectivity index (χ0v) is 9.84. The highest BCUT2D eigenvalue weighted by Gasteiger charge is 2.09. The SMILES string of the molecule is CC(=O)NCC(=O)NCc1nc(C(=O)O)cs1. The van der Waals surface area contributed by atoms with Crippen molar-refractivity contribution in [3.8, 4) is 0 Å². The van der Waals surface area contributed by atoms with Gasteiger partial charge in [0.2, 0.25) is 11.8 Å². The van der Waals surface area contributed by atoms with E-state index in [0.29, 0.717) is 5.01 Å². The molecule has 0 aliphatic rings. The summed E-state index contributed by atoms with van der Waals surface area (Å²) in [6.45, 7) is 1.36. The lowest BCUT2D eigenvalue weighted by Crippen LogP contribution is -2.35. The Balaban J connectivity index is 2.36. The van der Waals surface area contributed by atoms with E-state index in [4.69, 9.17) is 5.11 Å². The van der Waals surface area contributed by atoms with Gasteiger partial charge in [0.25, 0.3) is 0 Å². The first-order valence-corrected chi connectivity index (χ1v) is 5.56. The molecule has 1 rings (SSSR count). The van der Waals surface area contributed by atoms with Gasteiger partial charge in [-0.1, -0.05) is 0 Å². The quantitative estimate of drug-likeness (QED) is 0.664. The average molecular weight is 257 g/mol. The van der Waals surface area contributed by atoms with Crippen molar-refractivity contribution >= 4 is 29.1 Å². The van der Waals surface area contributed by atoms with Crippen molar-refractivity contribution in [1.29, 1.82) is 0 Å². The molecule has 8 heteroatoms. The summed E-state index contributed by atoms with van der Waals surface area (Å²) in [5.41, 5.74) is -0.0406. The highest BCUT2D eigenvalue weighted by Crippen LogP contribution is 2.08. The van der Waals surface area contributed by atoms with Crippen LogP contribution in [0.2, 0.25) is 0 Å². The van der Waals surface area contributed by atoms with Crippen LogP contribution in [-0.4, -0.2) is 34.4 Å². The lowest BCUT2D eigenvalue weighted by atomic mass is 10.5. The van der Waals surface area contributed by atoms with E-state index in [9.17, 15) is 14.4 Å². The van der Waals surface area contributed by atoms with Gasteiger partial charge in [-0.3, -0.25) is 9.59 Å². The van der Waals surface area contributed by atoms with Crippen molar-refractivity contribution in [2.45, 2.75) is 13.5 Å². The molecule has 1 aromatic heterocycles. The Labute approximate surface area is 101 Å². The fraction of sp³-hybridized carbons (Fsp3) is 0.333. The molecule has 7 nitrogen and oxygen atoms in total. The van der Waals surface area contributed by atoms with E-state index >= 15 is 0 Å². The van der Waals surface area contributed by atoms with Crippen molar-refractivity contribution in [3.63, 3.8) is 0 Å². The van der Waals surface area contributed by atoms with Crippen LogP contribution < -0.4 is 10.6 Å². The maximum absolute atomic E-state index is 11.2. The molecular weight excluding hydrogens is 246 g/mol. The molecule has 0 aliphatic heterocycles. The lowest BCUT2D eigenvalue weighted by molar-refractivity contribution is -0.125. The van der Waals surface area contributed by atoms with E-state index in [1.807, 2.05) is 0 Å². The summed E-state index contributed by atoms with van der Waals surface area (Å²) in [5, 5.41) is 15.4. The van der Waals surface area contributed by atoms with Crippen LogP contribution in [0.4, 0.5) is 0 Å². The molecule has 0 saturated carbocycles. The van der Waals surface area contributed by atoms with Crippen molar-refractivity contribution in [2.24, 2.45) is 0 Å². The standard InChI is InChI=1S/C9H11N3O4S/c1-5(13)10-2-7(14)11-3-8-12-6(4-17-8)9(15)16/h4H,2-3H2,1H3,(H,10,13)(H,11,14)(H,15,16). The fourth-order valence-electron chi connectivity index (χ4n) is 0.932. The molecule has 0 saturated heterocycles. The van der Waals surface area contributed by atoms with Gasteiger partial charge in [0, 0.05) is 12.3 Å². The Hall–Kier alpha value is -1.96. The molecule has 1 aromatic rings. The molecule has 0 aromatic carbocycles. The number of hydrogen-bond acceptors (Lipinski definition) is 5. The number of carboxylic acid groups (broad SMARTS) is 1. The number of carboxylic acids is 1. The van der Waals surface area contributed by atoms with Gasteiger partial charge < -0.3 is 15.7 Å². The first-order valence-electron chi connectivity index (χ1n) is 4.68. The van der Waals surface area contributed by atoms with E-state index in [2.05, 4.69) is 15.6 Å². The first-order chi connectivity index (χ1) is 7.99. The molecule has 0 spiro atoms. The fourth-order valence-corrected chi connectivity index (χ4v) is 1.64. The van der Waals surface area contributed by atoms with Crippen LogP contribution in [0.3, 0.4) is 0 Å². The Bertz CT molecular complexity index is 443. The van der Waals surface area contributed by atoms with Gasteiger partial charge in [0.15, 0.2) is 5.69 Å². The molecule has 0 bridgehead atoms. The van der Waals surface area contributed by atoms with Gasteiger partial charge in [-0.2, -0.15) is 0 Å². The number of carbonyl (C=O) groups excluding carboxylic acids is 2. The summed E-state index contributed by atoms with van der Waals surface area (Å²) in [6.07, 6.45) is 0. The highest BCUT2D eigenvalue weighted by molar-refractivity contribution is 7.09. The van der Waals surface area contributed by atoms with Crippen LogP contribution >= 0.6 is 11.3 Å². The minimum Gasteiger partial charge on any atom is -0.476 e. The number of hydrogen-bond donors (Lipinski definition) is 3. The predicted molar refractivity (Wildman–Crippen MR) is 59.6 cm³/mol. The average Bonchev–Trinajstić information content (AvgIpc) is 2.72. The molecule has 0 atom stereocenters. The number of rotatable bonds is 5. The molecule has 0 fully saturated rings. The van der Waals surface area contributed by atoms with Gasteiger partial charge in [-0.25, -0.2) is 9.78 Å². The molecule has 17 heavy (non-hydrogen) atoms. The third kappa shape index (κ3) is 4.60. The van der Waals surface area contributed by atoms with E-state index < -0.39 is 5.97 Å². The van der Waals surface area contributed by atoms with Crippen LogP contribution in [0.5, 0.6) is 0 Å². The third-order valence-corrected chi connectivity index (χ3v) is 2.55. The number of carbonyl (C=O) groups is 3. The van der Waals surface area contributed by atoms with Crippen molar-refractivity contribution < 1.29 is 19.5 Å². The van der Waals surface area contributed by atoms with Gasteiger partial charge in [-0.15, -0.1) is 11.3 Å². The Morgan fingerprint density at radius 1 is 1.41 bits per heavy atom. The molecule has 2 amide bonds. The summed E-state index contributed by atoms with van der Waals surface area (Å²) in [5.74, 6) is -1.74. The second-order valence-corrected chi connectivity index (χ2v) is 4.06. The maximum Gasteiger partial charge on any atom is 0.355 e. The monoisotopic (exact) mass is 257 g/mol.